The summed E-state index contributed by atoms with van der Waals surface area (Å²) in [6.45, 7) is 7.01. The van der Waals surface area contributed by atoms with Crippen molar-refractivity contribution in [1.29, 1.82) is 0 Å². The zero-order valence-electron chi connectivity index (χ0n) is 11.6. The average molecular weight is 266 g/mol. The first-order chi connectivity index (χ1) is 8.78. The molecule has 0 radical (unpaired) electrons. The molecule has 2 rings (SSSR count). The highest BCUT2D eigenvalue weighted by Gasteiger charge is 2.25. The first kappa shape index (κ1) is 13.9. The van der Waals surface area contributed by atoms with Crippen molar-refractivity contribution in [2.45, 2.75) is 51.5 Å². The van der Waals surface area contributed by atoms with E-state index in [1.807, 2.05) is 0 Å². The van der Waals surface area contributed by atoms with Crippen LogP contribution in [0.15, 0.2) is 18.2 Å². The fourth-order valence-corrected chi connectivity index (χ4v) is 3.21. The molecule has 0 fully saturated rings. The normalized spacial score (nSPS) is 18.3. The van der Waals surface area contributed by atoms with Crippen molar-refractivity contribution in [2.75, 3.05) is 13.1 Å². The van der Waals surface area contributed by atoms with Gasteiger partial charge in [0.05, 0.1) is 0 Å². The lowest BCUT2D eigenvalue weighted by atomic mass is 10.1. The minimum atomic E-state index is 0.631. The van der Waals surface area contributed by atoms with Gasteiger partial charge in [-0.1, -0.05) is 32.0 Å². The summed E-state index contributed by atoms with van der Waals surface area (Å²) in [6.07, 6.45) is 4.93. The zero-order chi connectivity index (χ0) is 13.0. The van der Waals surface area contributed by atoms with Crippen LogP contribution in [0.5, 0.6) is 0 Å². The average Bonchev–Trinajstić information content (AvgIpc) is 2.81. The van der Waals surface area contributed by atoms with E-state index in [1.54, 1.807) is 0 Å². The van der Waals surface area contributed by atoms with Gasteiger partial charge in [0.2, 0.25) is 0 Å². The highest BCUT2D eigenvalue weighted by atomic mass is 35.5. The largest absolute Gasteiger partial charge is 0.300 e. The minimum Gasteiger partial charge on any atom is -0.300 e. The van der Waals surface area contributed by atoms with Crippen LogP contribution in [0.4, 0.5) is 0 Å². The van der Waals surface area contributed by atoms with Crippen molar-refractivity contribution >= 4 is 11.6 Å². The van der Waals surface area contributed by atoms with E-state index in [-0.39, 0.29) is 0 Å². The van der Waals surface area contributed by atoms with E-state index in [4.69, 9.17) is 11.6 Å². The molecule has 1 aromatic carbocycles. The van der Waals surface area contributed by atoms with Gasteiger partial charge in [-0.3, -0.25) is 4.90 Å². The first-order valence-electron chi connectivity index (χ1n) is 7.19. The van der Waals surface area contributed by atoms with Crippen LogP contribution in [0.25, 0.3) is 0 Å². The van der Waals surface area contributed by atoms with Crippen LogP contribution in [0.1, 0.15) is 43.4 Å². The lowest BCUT2D eigenvalue weighted by Gasteiger charge is -2.27. The molecule has 0 aliphatic heterocycles. The van der Waals surface area contributed by atoms with Crippen molar-refractivity contribution in [1.82, 2.24) is 4.90 Å². The second-order valence-electron chi connectivity index (χ2n) is 5.33. The molecule has 0 unspecified atom stereocenters. The van der Waals surface area contributed by atoms with Gasteiger partial charge in [-0.15, -0.1) is 11.6 Å². The predicted octanol–water partition coefficient (Wildman–Crippen LogP) is 4.01. The zero-order valence-corrected chi connectivity index (χ0v) is 12.3. The van der Waals surface area contributed by atoms with Crippen molar-refractivity contribution in [2.24, 2.45) is 0 Å². The summed E-state index contributed by atoms with van der Waals surface area (Å²) in [5, 5.41) is 0. The van der Waals surface area contributed by atoms with Gasteiger partial charge in [0.15, 0.2) is 0 Å². The van der Waals surface area contributed by atoms with Gasteiger partial charge in [0.1, 0.15) is 0 Å². The Kier molecular flexibility index (Phi) is 5.08. The van der Waals surface area contributed by atoms with Crippen LogP contribution in [0.2, 0.25) is 0 Å². The molecule has 0 aromatic heterocycles. The van der Waals surface area contributed by atoms with Gasteiger partial charge in [0, 0.05) is 11.9 Å². The fraction of sp³-hybridized carbons (Fsp3) is 0.625. The second kappa shape index (κ2) is 6.58. The fourth-order valence-electron chi connectivity index (χ4n) is 3.04. The van der Waals surface area contributed by atoms with Gasteiger partial charge >= 0.3 is 0 Å². The maximum atomic E-state index is 5.92. The standard InChI is InChI=1S/C16H24ClN/c1-3-7-18(8-4-2)16-10-14-6-5-13(12-17)9-15(14)11-16/h5-6,9,16H,3-4,7-8,10-12H2,1-2H3/t16-/m1/s1. The smallest absolute Gasteiger partial charge is 0.0474 e. The second-order valence-corrected chi connectivity index (χ2v) is 5.60. The summed E-state index contributed by atoms with van der Waals surface area (Å²) < 4.78 is 0. The topological polar surface area (TPSA) is 3.24 Å². The molecule has 2 heteroatoms. The Balaban J connectivity index is 2.07. The Labute approximate surface area is 116 Å². The molecule has 1 aliphatic rings. The molecule has 0 heterocycles. The molecule has 1 aromatic rings. The number of alkyl halides is 1. The van der Waals surface area contributed by atoms with Crippen LogP contribution in [0.3, 0.4) is 0 Å². The lowest BCUT2D eigenvalue weighted by molar-refractivity contribution is 0.202. The van der Waals surface area contributed by atoms with Gasteiger partial charge in [-0.2, -0.15) is 0 Å². The predicted molar refractivity (Wildman–Crippen MR) is 79.4 cm³/mol. The molecular formula is C16H24ClN. The van der Waals surface area contributed by atoms with Crippen LogP contribution >= 0.6 is 11.6 Å². The van der Waals surface area contributed by atoms with Gasteiger partial charge in [-0.05, 0) is 55.5 Å². The van der Waals surface area contributed by atoms with E-state index in [0.29, 0.717) is 11.9 Å². The monoisotopic (exact) mass is 265 g/mol. The summed E-state index contributed by atoms with van der Waals surface area (Å²) in [5.74, 6) is 0.631. The Morgan fingerprint density at radius 3 is 2.39 bits per heavy atom. The molecule has 0 amide bonds. The number of nitrogens with zero attached hydrogens (tertiary/aromatic N) is 1. The molecule has 1 atom stereocenters. The van der Waals surface area contributed by atoms with Crippen molar-refractivity contribution in [3.05, 3.63) is 34.9 Å². The molecule has 0 bridgehead atoms. The van der Waals surface area contributed by atoms with Gasteiger partial charge < -0.3 is 0 Å². The molecule has 0 saturated carbocycles. The van der Waals surface area contributed by atoms with E-state index >= 15 is 0 Å². The third kappa shape index (κ3) is 3.07. The van der Waals surface area contributed by atoms with E-state index in [2.05, 4.69) is 36.9 Å². The molecule has 100 valence electrons. The van der Waals surface area contributed by atoms with Crippen LogP contribution in [0, 0.1) is 0 Å². The minimum absolute atomic E-state index is 0.631. The maximum absolute atomic E-state index is 5.92. The van der Waals surface area contributed by atoms with Crippen LogP contribution in [-0.4, -0.2) is 24.0 Å². The highest BCUT2D eigenvalue weighted by molar-refractivity contribution is 6.17. The number of rotatable bonds is 6. The van der Waals surface area contributed by atoms with Crippen molar-refractivity contribution < 1.29 is 0 Å². The van der Waals surface area contributed by atoms with E-state index < -0.39 is 0 Å². The maximum Gasteiger partial charge on any atom is 0.0474 e. The number of hydrogen-bond donors (Lipinski definition) is 0. The highest BCUT2D eigenvalue weighted by Crippen LogP contribution is 2.27. The summed E-state index contributed by atoms with van der Waals surface area (Å²) in [6, 6.07) is 7.48. The van der Waals surface area contributed by atoms with Crippen LogP contribution < -0.4 is 0 Å². The van der Waals surface area contributed by atoms with E-state index in [1.165, 1.54) is 55.5 Å². The van der Waals surface area contributed by atoms with Crippen LogP contribution in [-0.2, 0) is 18.7 Å². The number of halogens is 1. The third-order valence-electron chi connectivity index (χ3n) is 3.87. The van der Waals surface area contributed by atoms with E-state index in [9.17, 15) is 0 Å². The quantitative estimate of drug-likeness (QED) is 0.703. The van der Waals surface area contributed by atoms with Gasteiger partial charge in [0.25, 0.3) is 0 Å². The summed E-state index contributed by atoms with van der Waals surface area (Å²) in [5.41, 5.74) is 4.31. The Hall–Kier alpha value is -0.530. The molecule has 0 N–H and O–H groups in total. The first-order valence-corrected chi connectivity index (χ1v) is 7.72. The number of hydrogen-bond acceptors (Lipinski definition) is 1. The van der Waals surface area contributed by atoms with Gasteiger partial charge in [-0.25, -0.2) is 0 Å². The Bertz CT molecular complexity index is 383. The van der Waals surface area contributed by atoms with Crippen molar-refractivity contribution in [3.63, 3.8) is 0 Å². The number of fused-ring (bicyclic) bond motifs is 1. The summed E-state index contributed by atoms with van der Waals surface area (Å²) >= 11 is 5.92. The SMILES string of the molecule is CCCN(CCC)[C@@H]1Cc2ccc(CCl)cc2C1. The third-order valence-corrected chi connectivity index (χ3v) is 4.18. The molecule has 18 heavy (non-hydrogen) atoms. The summed E-state index contributed by atoms with van der Waals surface area (Å²) in [4.78, 5) is 2.67. The lowest BCUT2D eigenvalue weighted by Crippen LogP contribution is -2.37. The van der Waals surface area contributed by atoms with E-state index in [0.717, 1.165) is 0 Å². The number of benzene rings is 1. The Morgan fingerprint density at radius 2 is 1.78 bits per heavy atom. The molecule has 1 aliphatic carbocycles. The summed E-state index contributed by atoms with van der Waals surface area (Å²) in [7, 11) is 0. The molecule has 0 spiro atoms. The molecule has 0 saturated heterocycles. The van der Waals surface area contributed by atoms with Crippen molar-refractivity contribution in [3.8, 4) is 0 Å². The molecule has 1 nitrogen and oxygen atoms in total. The molecular weight excluding hydrogens is 242 g/mol. The Morgan fingerprint density at radius 1 is 1.11 bits per heavy atom.